The van der Waals surface area contributed by atoms with E-state index in [2.05, 4.69) is 27.6 Å². The SMILES string of the molecule is Cn1c(=S)[nH]c2c(I)cccc2c1=O. The van der Waals surface area contributed by atoms with Gasteiger partial charge in [-0.2, -0.15) is 0 Å². The molecule has 0 spiro atoms. The second-order valence-corrected chi connectivity index (χ2v) is 4.51. The van der Waals surface area contributed by atoms with E-state index in [-0.39, 0.29) is 5.56 Å². The van der Waals surface area contributed by atoms with Crippen molar-refractivity contribution in [2.24, 2.45) is 7.05 Å². The first-order valence-electron chi connectivity index (χ1n) is 3.99. The zero-order valence-corrected chi connectivity index (χ0v) is 10.3. The van der Waals surface area contributed by atoms with Gasteiger partial charge in [-0.1, -0.05) is 6.07 Å². The van der Waals surface area contributed by atoms with Gasteiger partial charge in [0.15, 0.2) is 4.77 Å². The monoisotopic (exact) mass is 318 g/mol. The van der Waals surface area contributed by atoms with Crippen molar-refractivity contribution in [1.82, 2.24) is 9.55 Å². The van der Waals surface area contributed by atoms with Gasteiger partial charge < -0.3 is 4.98 Å². The molecule has 0 aliphatic heterocycles. The van der Waals surface area contributed by atoms with E-state index in [0.29, 0.717) is 10.2 Å². The number of aromatic amines is 1. The molecule has 72 valence electrons. The second kappa shape index (κ2) is 3.47. The Balaban J connectivity index is 3.14. The predicted octanol–water partition coefficient (Wildman–Crippen LogP) is 2.20. The molecule has 0 aliphatic rings. The molecule has 0 aliphatic carbocycles. The molecule has 0 unspecified atom stereocenters. The van der Waals surface area contributed by atoms with Crippen molar-refractivity contribution in [2.75, 3.05) is 0 Å². The fraction of sp³-hybridized carbons (Fsp3) is 0.111. The standard InChI is InChI=1S/C9H7IN2OS/c1-12-8(13)5-3-2-4-6(10)7(5)11-9(12)14/h2-4H,1H3,(H,11,14). The molecule has 1 N–H and O–H groups in total. The number of halogens is 1. The summed E-state index contributed by atoms with van der Waals surface area (Å²) in [6, 6.07) is 5.60. The summed E-state index contributed by atoms with van der Waals surface area (Å²) in [5, 5.41) is 0.674. The van der Waals surface area contributed by atoms with Crippen LogP contribution in [0.25, 0.3) is 10.9 Å². The maximum Gasteiger partial charge on any atom is 0.261 e. The Morgan fingerprint density at radius 2 is 2.21 bits per heavy atom. The molecule has 0 atom stereocenters. The van der Waals surface area contributed by atoms with E-state index in [1.165, 1.54) is 4.57 Å². The Morgan fingerprint density at radius 3 is 2.93 bits per heavy atom. The topological polar surface area (TPSA) is 37.8 Å². The minimum absolute atomic E-state index is 0.0535. The van der Waals surface area contributed by atoms with Crippen LogP contribution in [0, 0.1) is 8.34 Å². The number of nitrogens with zero attached hydrogens (tertiary/aromatic N) is 1. The number of para-hydroxylation sites is 1. The first kappa shape index (κ1) is 9.85. The van der Waals surface area contributed by atoms with Crippen LogP contribution in [0.2, 0.25) is 0 Å². The first-order valence-corrected chi connectivity index (χ1v) is 5.47. The number of hydrogen-bond donors (Lipinski definition) is 1. The highest BCUT2D eigenvalue weighted by molar-refractivity contribution is 14.1. The third kappa shape index (κ3) is 1.40. The van der Waals surface area contributed by atoms with E-state index < -0.39 is 0 Å². The normalized spacial score (nSPS) is 10.7. The van der Waals surface area contributed by atoms with Gasteiger partial charge in [0.2, 0.25) is 0 Å². The summed E-state index contributed by atoms with van der Waals surface area (Å²) in [4.78, 5) is 14.8. The van der Waals surface area contributed by atoms with Crippen LogP contribution in [0.1, 0.15) is 0 Å². The van der Waals surface area contributed by atoms with E-state index in [9.17, 15) is 4.79 Å². The number of fused-ring (bicyclic) bond motifs is 1. The predicted molar refractivity (Wildman–Crippen MR) is 67.1 cm³/mol. The average molecular weight is 318 g/mol. The summed E-state index contributed by atoms with van der Waals surface area (Å²) >= 11 is 7.21. The van der Waals surface area contributed by atoms with E-state index in [1.807, 2.05) is 12.1 Å². The van der Waals surface area contributed by atoms with E-state index in [1.54, 1.807) is 13.1 Å². The van der Waals surface area contributed by atoms with Gasteiger partial charge in [0.25, 0.3) is 5.56 Å². The molecule has 1 heterocycles. The molecular weight excluding hydrogens is 311 g/mol. The second-order valence-electron chi connectivity index (χ2n) is 2.96. The molecule has 5 heteroatoms. The van der Waals surface area contributed by atoms with Gasteiger partial charge in [-0.05, 0) is 46.9 Å². The molecular formula is C9H7IN2OS. The summed E-state index contributed by atoms with van der Waals surface area (Å²) in [5.41, 5.74) is 0.767. The number of benzene rings is 1. The number of hydrogen-bond acceptors (Lipinski definition) is 2. The molecule has 1 aromatic carbocycles. The minimum Gasteiger partial charge on any atom is -0.331 e. The molecule has 2 aromatic rings. The maximum atomic E-state index is 11.8. The summed E-state index contributed by atoms with van der Waals surface area (Å²) in [5.74, 6) is 0. The fourth-order valence-electron chi connectivity index (χ4n) is 1.29. The Hall–Kier alpha value is -0.690. The van der Waals surface area contributed by atoms with Crippen LogP contribution < -0.4 is 5.56 Å². The van der Waals surface area contributed by atoms with Gasteiger partial charge in [-0.3, -0.25) is 9.36 Å². The molecule has 0 saturated carbocycles. The molecule has 3 nitrogen and oxygen atoms in total. The van der Waals surface area contributed by atoms with Gasteiger partial charge in [0.05, 0.1) is 10.9 Å². The summed E-state index contributed by atoms with van der Waals surface area (Å²) < 4.78 is 2.89. The van der Waals surface area contributed by atoms with Crippen LogP contribution in [0.15, 0.2) is 23.0 Å². The molecule has 1 aromatic heterocycles. The minimum atomic E-state index is -0.0535. The lowest BCUT2D eigenvalue weighted by Crippen LogP contribution is -2.18. The van der Waals surface area contributed by atoms with Crippen molar-refractivity contribution in [2.45, 2.75) is 0 Å². The van der Waals surface area contributed by atoms with Gasteiger partial charge >= 0.3 is 0 Å². The smallest absolute Gasteiger partial charge is 0.261 e. The average Bonchev–Trinajstić information content (AvgIpc) is 2.17. The molecule has 14 heavy (non-hydrogen) atoms. The molecule has 2 rings (SSSR count). The zero-order valence-electron chi connectivity index (χ0n) is 7.37. The molecule has 0 saturated heterocycles. The third-order valence-electron chi connectivity index (χ3n) is 2.09. The third-order valence-corrected chi connectivity index (χ3v) is 3.36. The van der Waals surface area contributed by atoms with Crippen molar-refractivity contribution in [3.05, 3.63) is 36.9 Å². The van der Waals surface area contributed by atoms with Crippen LogP contribution in [0.3, 0.4) is 0 Å². The first-order chi connectivity index (χ1) is 6.61. The van der Waals surface area contributed by atoms with Crippen LogP contribution in [-0.4, -0.2) is 9.55 Å². The number of H-pyrrole nitrogens is 1. The Morgan fingerprint density at radius 1 is 1.50 bits per heavy atom. The highest BCUT2D eigenvalue weighted by Gasteiger charge is 2.04. The number of rotatable bonds is 0. The van der Waals surface area contributed by atoms with Crippen molar-refractivity contribution in [3.8, 4) is 0 Å². The Labute approximate surface area is 98.9 Å². The van der Waals surface area contributed by atoms with Crippen molar-refractivity contribution < 1.29 is 0 Å². The van der Waals surface area contributed by atoms with E-state index in [0.717, 1.165) is 9.09 Å². The molecule has 0 amide bonds. The summed E-state index contributed by atoms with van der Waals surface area (Å²) in [6.07, 6.45) is 0. The van der Waals surface area contributed by atoms with Crippen LogP contribution in [-0.2, 0) is 7.05 Å². The lowest BCUT2D eigenvalue weighted by atomic mass is 10.2. The van der Waals surface area contributed by atoms with E-state index in [4.69, 9.17) is 12.2 Å². The van der Waals surface area contributed by atoms with Gasteiger partial charge in [0, 0.05) is 10.6 Å². The lowest BCUT2D eigenvalue weighted by molar-refractivity contribution is 0.824. The molecule has 0 fully saturated rings. The number of aromatic nitrogens is 2. The maximum absolute atomic E-state index is 11.8. The highest BCUT2D eigenvalue weighted by Crippen LogP contribution is 2.14. The quantitative estimate of drug-likeness (QED) is 0.597. The fourth-order valence-corrected chi connectivity index (χ4v) is 2.11. The van der Waals surface area contributed by atoms with Crippen molar-refractivity contribution in [1.29, 1.82) is 0 Å². The Kier molecular flexibility index (Phi) is 2.44. The summed E-state index contributed by atoms with van der Waals surface area (Å²) in [7, 11) is 1.67. The van der Waals surface area contributed by atoms with Crippen molar-refractivity contribution >= 4 is 45.7 Å². The summed E-state index contributed by atoms with van der Waals surface area (Å²) in [6.45, 7) is 0. The lowest BCUT2D eigenvalue weighted by Gasteiger charge is -2.03. The van der Waals surface area contributed by atoms with Gasteiger partial charge in [-0.25, -0.2) is 0 Å². The van der Waals surface area contributed by atoms with Gasteiger partial charge in [0.1, 0.15) is 0 Å². The molecule has 0 radical (unpaired) electrons. The van der Waals surface area contributed by atoms with Crippen molar-refractivity contribution in [3.63, 3.8) is 0 Å². The molecule has 0 bridgehead atoms. The van der Waals surface area contributed by atoms with Crippen LogP contribution in [0.4, 0.5) is 0 Å². The zero-order chi connectivity index (χ0) is 10.3. The van der Waals surface area contributed by atoms with E-state index >= 15 is 0 Å². The van der Waals surface area contributed by atoms with Crippen LogP contribution >= 0.6 is 34.8 Å². The highest BCUT2D eigenvalue weighted by atomic mass is 127. The number of nitrogens with one attached hydrogen (secondary N) is 1. The Bertz CT molecular complexity index is 614. The largest absolute Gasteiger partial charge is 0.331 e. The van der Waals surface area contributed by atoms with Crippen LogP contribution in [0.5, 0.6) is 0 Å². The van der Waals surface area contributed by atoms with Gasteiger partial charge in [-0.15, -0.1) is 0 Å².